The van der Waals surface area contributed by atoms with Crippen LogP contribution in [0.1, 0.15) is 13.3 Å². The highest BCUT2D eigenvalue weighted by Crippen LogP contribution is 2.08. The molecule has 0 aromatic carbocycles. The van der Waals surface area contributed by atoms with Crippen molar-refractivity contribution >= 4 is 0 Å². The molecule has 1 aliphatic heterocycles. The van der Waals surface area contributed by atoms with Crippen LogP contribution in [0.15, 0.2) is 0 Å². The molecule has 0 bridgehead atoms. The number of nitrogens with zero attached hydrogens (tertiary/aromatic N) is 2. The number of rotatable bonds is 3. The molecular formula is C8H19N3. The zero-order valence-electron chi connectivity index (χ0n) is 7.58. The van der Waals surface area contributed by atoms with Crippen molar-refractivity contribution in [3.8, 4) is 0 Å². The number of hydrogen-bond acceptors (Lipinski definition) is 3. The van der Waals surface area contributed by atoms with Gasteiger partial charge in [-0.1, -0.05) is 6.92 Å². The van der Waals surface area contributed by atoms with E-state index in [4.69, 9.17) is 5.73 Å². The molecule has 3 heteroatoms. The molecule has 3 nitrogen and oxygen atoms in total. The third-order valence-electron chi connectivity index (χ3n) is 2.45. The van der Waals surface area contributed by atoms with Crippen molar-refractivity contribution < 1.29 is 0 Å². The topological polar surface area (TPSA) is 32.5 Å². The molecule has 1 heterocycles. The predicted octanol–water partition coefficient (Wildman–Crippen LogP) is -0.0714. The standard InChI is InChI=1S/C8H19N3/c1-3-8(6-9)11-5-4-10(2)7-11/h8H,3-7,9H2,1-2H3. The van der Waals surface area contributed by atoms with E-state index in [9.17, 15) is 0 Å². The first-order chi connectivity index (χ1) is 5.27. The first kappa shape index (κ1) is 8.97. The van der Waals surface area contributed by atoms with Gasteiger partial charge in [0.2, 0.25) is 0 Å². The zero-order valence-corrected chi connectivity index (χ0v) is 7.58. The number of nitrogens with two attached hydrogens (primary N) is 1. The van der Waals surface area contributed by atoms with Crippen LogP contribution >= 0.6 is 0 Å². The average Bonchev–Trinajstić information content (AvgIpc) is 2.39. The maximum Gasteiger partial charge on any atom is 0.0507 e. The minimum Gasteiger partial charge on any atom is -0.329 e. The average molecular weight is 157 g/mol. The Kier molecular flexibility index (Phi) is 3.30. The van der Waals surface area contributed by atoms with Crippen LogP contribution in [0.3, 0.4) is 0 Å². The SMILES string of the molecule is CCC(CN)N1CCN(C)C1. The Balaban J connectivity index is 2.34. The summed E-state index contributed by atoms with van der Waals surface area (Å²) in [5.41, 5.74) is 5.65. The van der Waals surface area contributed by atoms with Crippen molar-refractivity contribution in [2.45, 2.75) is 19.4 Å². The van der Waals surface area contributed by atoms with Crippen LogP contribution in [-0.2, 0) is 0 Å². The number of likely N-dealkylation sites (N-methyl/N-ethyl adjacent to an activating group) is 1. The molecule has 0 amide bonds. The van der Waals surface area contributed by atoms with E-state index in [0.29, 0.717) is 6.04 Å². The summed E-state index contributed by atoms with van der Waals surface area (Å²) in [5.74, 6) is 0. The van der Waals surface area contributed by atoms with E-state index in [0.717, 1.165) is 13.2 Å². The van der Waals surface area contributed by atoms with Crippen molar-refractivity contribution in [2.24, 2.45) is 5.73 Å². The largest absolute Gasteiger partial charge is 0.329 e. The van der Waals surface area contributed by atoms with Crippen LogP contribution in [-0.4, -0.2) is 49.2 Å². The fourth-order valence-corrected chi connectivity index (χ4v) is 1.62. The Bertz CT molecular complexity index is 112. The van der Waals surface area contributed by atoms with E-state index in [1.165, 1.54) is 19.5 Å². The molecule has 2 N–H and O–H groups in total. The van der Waals surface area contributed by atoms with E-state index in [1.807, 2.05) is 0 Å². The Morgan fingerprint density at radius 3 is 2.55 bits per heavy atom. The van der Waals surface area contributed by atoms with Gasteiger partial charge in [0.05, 0.1) is 6.67 Å². The minimum absolute atomic E-state index is 0.597. The quantitative estimate of drug-likeness (QED) is 0.622. The molecule has 1 aliphatic rings. The maximum absolute atomic E-state index is 5.65. The van der Waals surface area contributed by atoms with Gasteiger partial charge < -0.3 is 5.73 Å². The Morgan fingerprint density at radius 2 is 2.18 bits per heavy atom. The van der Waals surface area contributed by atoms with Crippen molar-refractivity contribution in [2.75, 3.05) is 33.4 Å². The van der Waals surface area contributed by atoms with Crippen LogP contribution in [0.2, 0.25) is 0 Å². The van der Waals surface area contributed by atoms with E-state index in [-0.39, 0.29) is 0 Å². The molecule has 1 atom stereocenters. The second-order valence-electron chi connectivity index (χ2n) is 3.33. The number of hydrogen-bond donors (Lipinski definition) is 1. The van der Waals surface area contributed by atoms with Crippen molar-refractivity contribution in [1.82, 2.24) is 9.80 Å². The minimum atomic E-state index is 0.597. The van der Waals surface area contributed by atoms with Gasteiger partial charge in [0.25, 0.3) is 0 Å². The van der Waals surface area contributed by atoms with E-state index in [1.54, 1.807) is 0 Å². The smallest absolute Gasteiger partial charge is 0.0507 e. The van der Waals surface area contributed by atoms with Gasteiger partial charge in [0, 0.05) is 25.7 Å². The zero-order chi connectivity index (χ0) is 8.27. The molecule has 0 aromatic heterocycles. The van der Waals surface area contributed by atoms with Crippen molar-refractivity contribution in [3.05, 3.63) is 0 Å². The summed E-state index contributed by atoms with van der Waals surface area (Å²) >= 11 is 0. The molecule has 66 valence electrons. The molecular weight excluding hydrogens is 138 g/mol. The highest BCUT2D eigenvalue weighted by molar-refractivity contribution is 4.76. The third kappa shape index (κ3) is 2.15. The highest BCUT2D eigenvalue weighted by Gasteiger charge is 2.21. The first-order valence-corrected chi connectivity index (χ1v) is 4.40. The van der Waals surface area contributed by atoms with Crippen molar-refractivity contribution in [3.63, 3.8) is 0 Å². The van der Waals surface area contributed by atoms with Crippen LogP contribution < -0.4 is 5.73 Å². The summed E-state index contributed by atoms with van der Waals surface area (Å²) in [6.07, 6.45) is 1.17. The lowest BCUT2D eigenvalue weighted by atomic mass is 10.2. The second-order valence-corrected chi connectivity index (χ2v) is 3.33. The summed E-state index contributed by atoms with van der Waals surface area (Å²) < 4.78 is 0. The molecule has 0 saturated carbocycles. The van der Waals surface area contributed by atoms with Gasteiger partial charge in [0.15, 0.2) is 0 Å². The maximum atomic E-state index is 5.65. The summed E-state index contributed by atoms with van der Waals surface area (Å²) in [6, 6.07) is 0.597. The van der Waals surface area contributed by atoms with Gasteiger partial charge in [0.1, 0.15) is 0 Å². The molecule has 1 fully saturated rings. The second kappa shape index (κ2) is 4.04. The highest BCUT2D eigenvalue weighted by atomic mass is 15.4. The summed E-state index contributed by atoms with van der Waals surface area (Å²) in [7, 11) is 2.16. The molecule has 0 radical (unpaired) electrons. The van der Waals surface area contributed by atoms with Gasteiger partial charge >= 0.3 is 0 Å². The van der Waals surface area contributed by atoms with Crippen LogP contribution in [0.25, 0.3) is 0 Å². The lowest BCUT2D eigenvalue weighted by molar-refractivity contribution is 0.205. The monoisotopic (exact) mass is 157 g/mol. The molecule has 1 unspecified atom stereocenters. The van der Waals surface area contributed by atoms with Crippen LogP contribution in [0.4, 0.5) is 0 Å². The molecule has 11 heavy (non-hydrogen) atoms. The third-order valence-corrected chi connectivity index (χ3v) is 2.45. The fourth-order valence-electron chi connectivity index (χ4n) is 1.62. The molecule has 1 rings (SSSR count). The van der Waals surface area contributed by atoms with Crippen molar-refractivity contribution in [1.29, 1.82) is 0 Å². The molecule has 0 aromatic rings. The summed E-state index contributed by atoms with van der Waals surface area (Å²) in [4.78, 5) is 4.79. The lowest BCUT2D eigenvalue weighted by Gasteiger charge is -2.24. The van der Waals surface area contributed by atoms with E-state index in [2.05, 4.69) is 23.8 Å². The van der Waals surface area contributed by atoms with Gasteiger partial charge in [-0.15, -0.1) is 0 Å². The summed E-state index contributed by atoms with van der Waals surface area (Å²) in [6.45, 7) is 6.47. The first-order valence-electron chi connectivity index (χ1n) is 4.40. The van der Waals surface area contributed by atoms with Gasteiger partial charge in [-0.3, -0.25) is 9.80 Å². The van der Waals surface area contributed by atoms with E-state index >= 15 is 0 Å². The summed E-state index contributed by atoms with van der Waals surface area (Å²) in [5, 5.41) is 0. The molecule has 0 aliphatic carbocycles. The van der Waals surface area contributed by atoms with Gasteiger partial charge in [-0.25, -0.2) is 0 Å². The Morgan fingerprint density at radius 1 is 1.45 bits per heavy atom. The fraction of sp³-hybridized carbons (Fsp3) is 1.00. The van der Waals surface area contributed by atoms with E-state index < -0.39 is 0 Å². The van der Waals surface area contributed by atoms with Crippen LogP contribution in [0, 0.1) is 0 Å². The molecule has 1 saturated heterocycles. The normalized spacial score (nSPS) is 24.3. The molecule has 0 spiro atoms. The Hall–Kier alpha value is -0.120. The predicted molar refractivity (Wildman–Crippen MR) is 47.3 cm³/mol. The van der Waals surface area contributed by atoms with Gasteiger partial charge in [-0.2, -0.15) is 0 Å². The lowest BCUT2D eigenvalue weighted by Crippen LogP contribution is -2.39. The Labute approximate surface area is 69.1 Å². The van der Waals surface area contributed by atoms with Gasteiger partial charge in [-0.05, 0) is 13.5 Å². The van der Waals surface area contributed by atoms with Crippen LogP contribution in [0.5, 0.6) is 0 Å².